The van der Waals surface area contributed by atoms with E-state index in [1.165, 1.54) is 11.1 Å². The number of aryl methyl sites for hydroxylation is 1. The Balaban J connectivity index is 1.79. The van der Waals surface area contributed by atoms with Crippen LogP contribution in [0.4, 0.5) is 0 Å². The fraction of sp³-hybridized carbons (Fsp3) is 0.640. The summed E-state index contributed by atoms with van der Waals surface area (Å²) in [4.78, 5) is 41.1. The molecule has 3 amide bonds. The predicted octanol–water partition coefficient (Wildman–Crippen LogP) is 1.12. The largest absolute Gasteiger partial charge is 0.347 e. The molecule has 33 heavy (non-hydrogen) atoms. The normalized spacial score (nSPS) is 23.5. The summed E-state index contributed by atoms with van der Waals surface area (Å²) in [6.07, 6.45) is 3.49. The van der Waals surface area contributed by atoms with Crippen molar-refractivity contribution in [3.8, 4) is 0 Å². The van der Waals surface area contributed by atoms with Gasteiger partial charge in [0.25, 0.3) is 0 Å². The molecule has 4 atom stereocenters. The van der Waals surface area contributed by atoms with Gasteiger partial charge < -0.3 is 26.2 Å². The Bertz CT molecular complexity index is 866. The Morgan fingerprint density at radius 1 is 1.15 bits per heavy atom. The van der Waals surface area contributed by atoms with Crippen molar-refractivity contribution in [1.29, 1.82) is 0 Å². The van der Waals surface area contributed by atoms with E-state index in [9.17, 15) is 14.4 Å². The van der Waals surface area contributed by atoms with Gasteiger partial charge in [-0.3, -0.25) is 14.4 Å². The molecular formula is C25H39N5O3. The third-order valence-corrected chi connectivity index (χ3v) is 6.74. The number of carbonyl (C=O) groups excluding carboxylic acids is 3. The Labute approximate surface area is 197 Å². The van der Waals surface area contributed by atoms with E-state index in [0.29, 0.717) is 13.0 Å². The number of hydrogen-bond donors (Lipinski definition) is 4. The summed E-state index contributed by atoms with van der Waals surface area (Å²) in [7, 11) is 3.54. The van der Waals surface area contributed by atoms with Gasteiger partial charge in [-0.25, -0.2) is 0 Å². The average Bonchev–Trinajstić information content (AvgIpc) is 3.21. The number of nitrogens with zero attached hydrogens (tertiary/aromatic N) is 1. The Morgan fingerprint density at radius 2 is 1.88 bits per heavy atom. The van der Waals surface area contributed by atoms with Gasteiger partial charge >= 0.3 is 0 Å². The quantitative estimate of drug-likeness (QED) is 0.491. The zero-order valence-corrected chi connectivity index (χ0v) is 20.5. The van der Waals surface area contributed by atoms with Crippen molar-refractivity contribution < 1.29 is 14.4 Å². The second-order valence-corrected chi connectivity index (χ2v) is 10.3. The molecule has 1 heterocycles. The summed E-state index contributed by atoms with van der Waals surface area (Å²) < 4.78 is 0. The highest BCUT2D eigenvalue weighted by Gasteiger charge is 2.45. The number of likely N-dealkylation sites (tertiary alicyclic amines) is 1. The fourth-order valence-corrected chi connectivity index (χ4v) is 4.90. The maximum Gasteiger partial charge on any atom is 0.246 e. The molecule has 4 unspecified atom stereocenters. The summed E-state index contributed by atoms with van der Waals surface area (Å²) in [6, 6.07) is 6.94. The molecule has 1 aliphatic heterocycles. The van der Waals surface area contributed by atoms with Gasteiger partial charge in [0.15, 0.2) is 0 Å². The summed E-state index contributed by atoms with van der Waals surface area (Å²) >= 11 is 0. The van der Waals surface area contributed by atoms with Crippen molar-refractivity contribution >= 4 is 17.7 Å². The first-order chi connectivity index (χ1) is 15.7. The van der Waals surface area contributed by atoms with Gasteiger partial charge in [-0.05, 0) is 56.3 Å². The first-order valence-electron chi connectivity index (χ1n) is 12.0. The minimum atomic E-state index is -0.723. The number of benzene rings is 1. The lowest BCUT2D eigenvalue weighted by Gasteiger charge is -2.36. The Hall–Kier alpha value is -2.45. The zero-order chi connectivity index (χ0) is 24.2. The van der Waals surface area contributed by atoms with E-state index in [1.54, 1.807) is 11.9 Å². The minimum absolute atomic E-state index is 0.0250. The molecule has 182 valence electrons. The minimum Gasteiger partial charge on any atom is -0.347 e. The van der Waals surface area contributed by atoms with Crippen molar-refractivity contribution in [3.63, 3.8) is 0 Å². The van der Waals surface area contributed by atoms with Crippen LogP contribution in [0, 0.1) is 5.41 Å². The molecule has 4 N–H and O–H groups in total. The van der Waals surface area contributed by atoms with Gasteiger partial charge in [0.1, 0.15) is 12.1 Å². The van der Waals surface area contributed by atoms with Crippen LogP contribution < -0.4 is 21.3 Å². The molecule has 8 nitrogen and oxygen atoms in total. The van der Waals surface area contributed by atoms with E-state index in [-0.39, 0.29) is 36.3 Å². The summed E-state index contributed by atoms with van der Waals surface area (Å²) in [6.45, 7) is 6.34. The lowest BCUT2D eigenvalue weighted by Crippen LogP contribution is -2.58. The number of hydrogen-bond acceptors (Lipinski definition) is 5. The standard InChI is InChI=1S/C25H39N5O3/c1-25(2,3)22(29-21(31)14-26-4)24(33)30-15-17(27-5)13-20(30)23(32)28-19-12-8-10-16-9-6-7-11-18(16)19/h6-7,9,11,17,19-20,22,26-27H,8,10,12-15H2,1-5H3,(H,28,32)(H,29,31). The van der Waals surface area contributed by atoms with Gasteiger partial charge in [-0.1, -0.05) is 45.0 Å². The third-order valence-electron chi connectivity index (χ3n) is 6.74. The molecule has 3 rings (SSSR count). The molecule has 0 saturated carbocycles. The van der Waals surface area contributed by atoms with Crippen molar-refractivity contribution in [2.75, 3.05) is 27.2 Å². The monoisotopic (exact) mass is 457 g/mol. The number of rotatable bonds is 7. The second-order valence-electron chi connectivity index (χ2n) is 10.3. The van der Waals surface area contributed by atoms with Crippen molar-refractivity contribution in [2.45, 2.75) is 70.6 Å². The highest BCUT2D eigenvalue weighted by Crippen LogP contribution is 2.31. The molecule has 2 aliphatic rings. The van der Waals surface area contributed by atoms with Gasteiger partial charge in [0.05, 0.1) is 12.6 Å². The molecule has 1 aromatic rings. The van der Waals surface area contributed by atoms with Crippen LogP contribution in [0.25, 0.3) is 0 Å². The number of carbonyl (C=O) groups is 3. The van der Waals surface area contributed by atoms with Crippen LogP contribution in [0.5, 0.6) is 0 Å². The topological polar surface area (TPSA) is 103 Å². The smallest absolute Gasteiger partial charge is 0.246 e. The predicted molar refractivity (Wildman–Crippen MR) is 129 cm³/mol. The van der Waals surface area contributed by atoms with E-state index in [1.807, 2.05) is 40.0 Å². The van der Waals surface area contributed by atoms with Crippen molar-refractivity contribution in [1.82, 2.24) is 26.2 Å². The van der Waals surface area contributed by atoms with E-state index >= 15 is 0 Å². The number of nitrogens with one attached hydrogen (secondary N) is 4. The van der Waals surface area contributed by atoms with Gasteiger partial charge in [0.2, 0.25) is 17.7 Å². The molecule has 1 fully saturated rings. The van der Waals surface area contributed by atoms with Crippen LogP contribution in [0.3, 0.4) is 0 Å². The van der Waals surface area contributed by atoms with Crippen molar-refractivity contribution in [2.24, 2.45) is 5.41 Å². The fourth-order valence-electron chi connectivity index (χ4n) is 4.90. The number of amides is 3. The maximum atomic E-state index is 13.7. The number of fused-ring (bicyclic) bond motifs is 1. The first kappa shape index (κ1) is 25.2. The SMILES string of the molecule is CNCC(=O)NC(C(=O)N1CC(NC)CC1C(=O)NC1CCCc2ccccc21)C(C)(C)C. The van der Waals surface area contributed by atoms with Crippen LogP contribution in [0.1, 0.15) is 57.2 Å². The van der Waals surface area contributed by atoms with Crippen molar-refractivity contribution in [3.05, 3.63) is 35.4 Å². The highest BCUT2D eigenvalue weighted by molar-refractivity contribution is 5.93. The Morgan fingerprint density at radius 3 is 2.55 bits per heavy atom. The molecule has 1 aliphatic carbocycles. The molecule has 0 spiro atoms. The van der Waals surface area contributed by atoms with E-state index in [0.717, 1.165) is 19.3 Å². The molecule has 1 saturated heterocycles. The van der Waals surface area contributed by atoms with Crippen LogP contribution in [0.15, 0.2) is 24.3 Å². The summed E-state index contributed by atoms with van der Waals surface area (Å²) in [5.74, 6) is -0.583. The zero-order valence-electron chi connectivity index (χ0n) is 20.5. The molecule has 0 bridgehead atoms. The number of likely N-dealkylation sites (N-methyl/N-ethyl adjacent to an activating group) is 2. The van der Waals surface area contributed by atoms with Gasteiger partial charge in [-0.2, -0.15) is 0 Å². The lowest BCUT2D eigenvalue weighted by molar-refractivity contribution is -0.144. The van der Waals surface area contributed by atoms with Crippen LogP contribution >= 0.6 is 0 Å². The third kappa shape index (κ3) is 5.92. The Kier molecular flexibility index (Phi) is 8.13. The van der Waals surface area contributed by atoms with E-state index in [4.69, 9.17) is 0 Å². The van der Waals surface area contributed by atoms with Crippen LogP contribution in [-0.2, 0) is 20.8 Å². The van der Waals surface area contributed by atoms with Gasteiger partial charge in [0, 0.05) is 12.6 Å². The highest BCUT2D eigenvalue weighted by atomic mass is 16.2. The van der Waals surface area contributed by atoms with E-state index in [2.05, 4.69) is 33.4 Å². The average molecular weight is 458 g/mol. The second kappa shape index (κ2) is 10.7. The van der Waals surface area contributed by atoms with Crippen LogP contribution in [-0.4, -0.2) is 67.9 Å². The molecule has 1 aromatic carbocycles. The van der Waals surface area contributed by atoms with Crippen LogP contribution in [0.2, 0.25) is 0 Å². The molecule has 8 heteroatoms. The molecule has 0 aromatic heterocycles. The van der Waals surface area contributed by atoms with E-state index < -0.39 is 17.5 Å². The summed E-state index contributed by atoms with van der Waals surface area (Å²) in [5.41, 5.74) is 1.95. The lowest BCUT2D eigenvalue weighted by atomic mass is 9.85. The molecular weight excluding hydrogens is 418 g/mol. The molecule has 0 radical (unpaired) electrons. The maximum absolute atomic E-state index is 13.7. The first-order valence-corrected chi connectivity index (χ1v) is 12.0. The summed E-state index contributed by atoms with van der Waals surface area (Å²) in [5, 5.41) is 12.1. The van der Waals surface area contributed by atoms with Gasteiger partial charge in [-0.15, -0.1) is 0 Å².